The third-order valence-electron chi connectivity index (χ3n) is 3.07. The van der Waals surface area contributed by atoms with Crippen molar-refractivity contribution in [2.75, 3.05) is 39.8 Å². The van der Waals surface area contributed by atoms with Gasteiger partial charge in [-0.2, -0.15) is 0 Å². The van der Waals surface area contributed by atoms with Crippen LogP contribution in [0.1, 0.15) is 5.56 Å². The number of nitrogens with zero attached hydrogens (tertiary/aromatic N) is 2. The Labute approximate surface area is 98.2 Å². The molecule has 1 fully saturated rings. The Kier molecular flexibility index (Phi) is 4.14. The van der Waals surface area contributed by atoms with E-state index in [1.54, 1.807) is 0 Å². The van der Waals surface area contributed by atoms with Gasteiger partial charge in [0, 0.05) is 32.7 Å². The van der Waals surface area contributed by atoms with Gasteiger partial charge in [-0.3, -0.25) is 4.90 Å². The summed E-state index contributed by atoms with van der Waals surface area (Å²) in [5.41, 5.74) is 1.29. The van der Waals surface area contributed by atoms with Gasteiger partial charge in [0.25, 0.3) is 0 Å². The van der Waals surface area contributed by atoms with Gasteiger partial charge in [0.15, 0.2) is 0 Å². The van der Waals surface area contributed by atoms with Crippen LogP contribution in [0.2, 0.25) is 0 Å². The summed E-state index contributed by atoms with van der Waals surface area (Å²) in [5, 5.41) is 0. The molecule has 1 aliphatic heterocycles. The predicted octanol–water partition coefficient (Wildman–Crippen LogP) is 1.95. The maximum atomic E-state index is 2.50. The topological polar surface area (TPSA) is 6.48 Å². The van der Waals surface area contributed by atoms with Crippen molar-refractivity contribution in [3.8, 4) is 0 Å². The largest absolute Gasteiger partial charge is 0.304 e. The lowest BCUT2D eigenvalue weighted by Crippen LogP contribution is -2.44. The molecule has 1 saturated heterocycles. The van der Waals surface area contributed by atoms with Crippen LogP contribution < -0.4 is 0 Å². The molecule has 0 N–H and O–H groups in total. The van der Waals surface area contributed by atoms with Gasteiger partial charge >= 0.3 is 0 Å². The highest BCUT2D eigenvalue weighted by atomic mass is 15.2. The summed E-state index contributed by atoms with van der Waals surface area (Å²) in [5.74, 6) is 0. The van der Waals surface area contributed by atoms with Gasteiger partial charge in [-0.05, 0) is 12.6 Å². The van der Waals surface area contributed by atoms with E-state index in [0.29, 0.717) is 0 Å². The molecular formula is C14H20N2. The second-order valence-corrected chi connectivity index (χ2v) is 4.42. The van der Waals surface area contributed by atoms with Crippen LogP contribution in [0.3, 0.4) is 0 Å². The number of piperazine rings is 1. The summed E-state index contributed by atoms with van der Waals surface area (Å²) < 4.78 is 0. The maximum Gasteiger partial charge on any atom is 0.0167 e. The first-order chi connectivity index (χ1) is 7.84. The number of hydrogen-bond acceptors (Lipinski definition) is 2. The minimum absolute atomic E-state index is 1.07. The zero-order chi connectivity index (χ0) is 11.2. The van der Waals surface area contributed by atoms with Gasteiger partial charge in [0.1, 0.15) is 0 Å². The van der Waals surface area contributed by atoms with Crippen LogP contribution in [0.25, 0.3) is 6.08 Å². The lowest BCUT2D eigenvalue weighted by Gasteiger charge is -2.31. The molecule has 0 saturated carbocycles. The molecule has 0 unspecified atom stereocenters. The van der Waals surface area contributed by atoms with Crippen molar-refractivity contribution < 1.29 is 0 Å². The van der Waals surface area contributed by atoms with E-state index in [0.717, 1.165) is 6.54 Å². The predicted molar refractivity (Wildman–Crippen MR) is 69.4 cm³/mol. The van der Waals surface area contributed by atoms with Crippen molar-refractivity contribution in [3.63, 3.8) is 0 Å². The van der Waals surface area contributed by atoms with Crippen LogP contribution >= 0.6 is 0 Å². The van der Waals surface area contributed by atoms with Gasteiger partial charge < -0.3 is 4.90 Å². The molecule has 2 nitrogen and oxygen atoms in total. The first kappa shape index (κ1) is 11.4. The van der Waals surface area contributed by atoms with E-state index in [1.807, 2.05) is 0 Å². The third-order valence-corrected chi connectivity index (χ3v) is 3.07. The van der Waals surface area contributed by atoms with Crippen molar-refractivity contribution in [2.45, 2.75) is 0 Å². The Balaban J connectivity index is 1.77. The zero-order valence-corrected chi connectivity index (χ0v) is 9.97. The minimum Gasteiger partial charge on any atom is -0.304 e. The van der Waals surface area contributed by atoms with E-state index < -0.39 is 0 Å². The molecule has 16 heavy (non-hydrogen) atoms. The molecule has 2 rings (SSSR count). The molecule has 0 bridgehead atoms. The quantitative estimate of drug-likeness (QED) is 0.762. The van der Waals surface area contributed by atoms with Crippen LogP contribution in [0.15, 0.2) is 36.4 Å². The second kappa shape index (κ2) is 5.83. The van der Waals surface area contributed by atoms with E-state index in [4.69, 9.17) is 0 Å². The highest BCUT2D eigenvalue weighted by Crippen LogP contribution is 2.03. The van der Waals surface area contributed by atoms with Crippen LogP contribution in [-0.2, 0) is 0 Å². The number of hydrogen-bond donors (Lipinski definition) is 0. The summed E-state index contributed by atoms with van der Waals surface area (Å²) in [6.07, 6.45) is 4.47. The normalized spacial score (nSPS) is 19.3. The first-order valence-corrected chi connectivity index (χ1v) is 5.97. The van der Waals surface area contributed by atoms with Crippen molar-refractivity contribution in [2.24, 2.45) is 0 Å². The summed E-state index contributed by atoms with van der Waals surface area (Å²) in [6, 6.07) is 10.5. The molecule has 1 aromatic rings. The van der Waals surface area contributed by atoms with Crippen molar-refractivity contribution in [1.82, 2.24) is 9.80 Å². The van der Waals surface area contributed by atoms with Crippen LogP contribution in [0.4, 0.5) is 0 Å². The Bertz CT molecular complexity index is 324. The third kappa shape index (κ3) is 3.47. The summed E-state index contributed by atoms with van der Waals surface area (Å²) >= 11 is 0. The summed E-state index contributed by atoms with van der Waals surface area (Å²) in [6.45, 7) is 5.84. The highest BCUT2D eigenvalue weighted by Gasteiger charge is 2.11. The van der Waals surface area contributed by atoms with Gasteiger partial charge in [-0.25, -0.2) is 0 Å². The lowest BCUT2D eigenvalue weighted by molar-refractivity contribution is 0.167. The van der Waals surface area contributed by atoms with Crippen LogP contribution in [0, 0.1) is 0 Å². The molecule has 1 heterocycles. The van der Waals surface area contributed by atoms with E-state index >= 15 is 0 Å². The molecule has 0 amide bonds. The monoisotopic (exact) mass is 216 g/mol. The summed E-state index contributed by atoms with van der Waals surface area (Å²) in [4.78, 5) is 4.89. The number of rotatable bonds is 3. The first-order valence-electron chi connectivity index (χ1n) is 5.97. The molecule has 0 atom stereocenters. The minimum atomic E-state index is 1.07. The number of benzene rings is 1. The molecule has 0 radical (unpaired) electrons. The Hall–Kier alpha value is -1.12. The molecule has 0 spiro atoms. The highest BCUT2D eigenvalue weighted by molar-refractivity contribution is 5.48. The number of likely N-dealkylation sites (N-methyl/N-ethyl adjacent to an activating group) is 1. The van der Waals surface area contributed by atoms with Gasteiger partial charge in [0.05, 0.1) is 0 Å². The van der Waals surface area contributed by atoms with Gasteiger partial charge in [0.2, 0.25) is 0 Å². The molecule has 2 heteroatoms. The molecule has 86 valence electrons. The molecular weight excluding hydrogens is 196 g/mol. The van der Waals surface area contributed by atoms with E-state index in [1.165, 1.54) is 31.7 Å². The van der Waals surface area contributed by atoms with Crippen molar-refractivity contribution in [1.29, 1.82) is 0 Å². The lowest BCUT2D eigenvalue weighted by atomic mass is 10.2. The Morgan fingerprint density at radius 2 is 1.75 bits per heavy atom. The Morgan fingerprint density at radius 3 is 2.44 bits per heavy atom. The SMILES string of the molecule is CN1CCN(C/C=C/c2ccccc2)CC1. The van der Waals surface area contributed by atoms with E-state index in [2.05, 4.69) is 59.3 Å². The van der Waals surface area contributed by atoms with E-state index in [-0.39, 0.29) is 0 Å². The van der Waals surface area contributed by atoms with Crippen molar-refractivity contribution >= 4 is 6.08 Å². The van der Waals surface area contributed by atoms with Crippen LogP contribution in [-0.4, -0.2) is 49.6 Å². The fourth-order valence-electron chi connectivity index (χ4n) is 1.93. The average molecular weight is 216 g/mol. The maximum absolute atomic E-state index is 2.50. The zero-order valence-electron chi connectivity index (χ0n) is 9.97. The summed E-state index contributed by atoms with van der Waals surface area (Å²) in [7, 11) is 2.19. The van der Waals surface area contributed by atoms with Crippen molar-refractivity contribution in [3.05, 3.63) is 42.0 Å². The van der Waals surface area contributed by atoms with Gasteiger partial charge in [-0.15, -0.1) is 0 Å². The molecule has 1 aliphatic rings. The Morgan fingerprint density at radius 1 is 1.06 bits per heavy atom. The van der Waals surface area contributed by atoms with Gasteiger partial charge in [-0.1, -0.05) is 42.5 Å². The molecule has 0 aliphatic carbocycles. The van der Waals surface area contributed by atoms with Crippen LogP contribution in [0.5, 0.6) is 0 Å². The fourth-order valence-corrected chi connectivity index (χ4v) is 1.93. The van der Waals surface area contributed by atoms with E-state index in [9.17, 15) is 0 Å². The second-order valence-electron chi connectivity index (χ2n) is 4.42. The molecule has 1 aromatic carbocycles. The smallest absolute Gasteiger partial charge is 0.0167 e. The standard InChI is InChI=1S/C14H20N2/c1-15-10-12-16(13-11-15)9-5-8-14-6-3-2-4-7-14/h2-8H,9-13H2,1H3/b8-5+. The molecule has 0 aromatic heterocycles. The average Bonchev–Trinajstić information content (AvgIpc) is 2.33. The fraction of sp³-hybridized carbons (Fsp3) is 0.429.